The molecule has 0 aliphatic heterocycles. The van der Waals surface area contributed by atoms with Crippen molar-refractivity contribution in [2.24, 2.45) is 0 Å². The van der Waals surface area contributed by atoms with Crippen molar-refractivity contribution in [2.75, 3.05) is 0 Å². The van der Waals surface area contributed by atoms with Crippen molar-refractivity contribution in [3.8, 4) is 45.0 Å². The third-order valence-electron chi connectivity index (χ3n) is 12.1. The molecule has 4 aromatic heterocycles. The molecule has 0 radical (unpaired) electrons. The van der Waals surface area contributed by atoms with E-state index in [0.717, 1.165) is 84.5 Å². The summed E-state index contributed by atoms with van der Waals surface area (Å²) in [5, 5.41) is 9.57. The van der Waals surface area contributed by atoms with E-state index in [4.69, 9.17) is 19.4 Å². The molecule has 0 spiro atoms. The summed E-state index contributed by atoms with van der Waals surface area (Å²) in [6.07, 6.45) is 8.57. The van der Waals surface area contributed by atoms with Crippen molar-refractivity contribution in [1.29, 1.82) is 0 Å². The largest absolute Gasteiger partial charge is 0.455 e. The molecule has 4 nitrogen and oxygen atoms in total. The first kappa shape index (κ1) is 34.6. The van der Waals surface area contributed by atoms with Crippen LogP contribution < -0.4 is 0 Å². The Morgan fingerprint density at radius 3 is 1.82 bits per heavy atom. The number of rotatable bonds is 5. The fraction of sp³-hybridized carbons (Fsp3) is 0.0364. The van der Waals surface area contributed by atoms with Gasteiger partial charge in [-0.1, -0.05) is 133 Å². The number of allylic oxidation sites excluding steroid dienone is 4. The second-order valence-corrected chi connectivity index (χ2v) is 17.9. The Labute approximate surface area is 358 Å². The summed E-state index contributed by atoms with van der Waals surface area (Å²) in [5.41, 5.74) is 9.12. The molecular weight excluding hydrogens is 783 g/mol. The van der Waals surface area contributed by atoms with Gasteiger partial charge in [-0.2, -0.15) is 0 Å². The fourth-order valence-corrected chi connectivity index (χ4v) is 11.6. The highest BCUT2D eigenvalue weighted by atomic mass is 32.1. The van der Waals surface area contributed by atoms with E-state index >= 15 is 0 Å². The highest BCUT2D eigenvalue weighted by Gasteiger charge is 2.21. The van der Waals surface area contributed by atoms with E-state index in [1.54, 1.807) is 11.3 Å². The molecule has 13 rings (SSSR count). The summed E-state index contributed by atoms with van der Waals surface area (Å²) >= 11 is 3.65. The van der Waals surface area contributed by atoms with Crippen molar-refractivity contribution < 1.29 is 4.42 Å². The molecule has 0 N–H and O–H groups in total. The highest BCUT2D eigenvalue weighted by Crippen LogP contribution is 2.45. The average Bonchev–Trinajstić information content (AvgIpc) is 4.02. The fourth-order valence-electron chi connectivity index (χ4n) is 9.26. The molecule has 1 aliphatic carbocycles. The van der Waals surface area contributed by atoms with Gasteiger partial charge in [0.15, 0.2) is 17.5 Å². The van der Waals surface area contributed by atoms with Crippen LogP contribution >= 0.6 is 22.7 Å². The zero-order chi connectivity index (χ0) is 40.0. The molecule has 0 atom stereocenters. The lowest BCUT2D eigenvalue weighted by atomic mass is 9.92. The second kappa shape index (κ2) is 13.6. The van der Waals surface area contributed by atoms with Crippen LogP contribution in [-0.4, -0.2) is 15.0 Å². The predicted octanol–water partition coefficient (Wildman–Crippen LogP) is 16.1. The minimum absolute atomic E-state index is 0.645. The first-order valence-corrected chi connectivity index (χ1v) is 22.3. The Hall–Kier alpha value is -7.25. The molecule has 0 unspecified atom stereocenters. The molecule has 286 valence electrons. The summed E-state index contributed by atoms with van der Waals surface area (Å²) in [4.78, 5) is 15.6. The van der Waals surface area contributed by atoms with E-state index in [1.165, 1.54) is 40.3 Å². The molecule has 6 heteroatoms. The number of aromatic nitrogens is 3. The number of hydrogen-bond acceptors (Lipinski definition) is 6. The van der Waals surface area contributed by atoms with Crippen LogP contribution in [0, 0.1) is 0 Å². The third kappa shape index (κ3) is 5.60. The van der Waals surface area contributed by atoms with Crippen molar-refractivity contribution in [3.63, 3.8) is 0 Å². The van der Waals surface area contributed by atoms with Crippen molar-refractivity contribution in [3.05, 3.63) is 182 Å². The van der Waals surface area contributed by atoms with E-state index in [9.17, 15) is 0 Å². The van der Waals surface area contributed by atoms with E-state index in [0.29, 0.717) is 17.5 Å². The topological polar surface area (TPSA) is 51.8 Å². The predicted molar refractivity (Wildman–Crippen MR) is 258 cm³/mol. The van der Waals surface area contributed by atoms with E-state index in [-0.39, 0.29) is 0 Å². The maximum atomic E-state index is 6.85. The summed E-state index contributed by atoms with van der Waals surface area (Å²) in [7, 11) is 0. The standard InChI is InChI=1S/C55H33N3OS2/c1-2-12-32(13-3-1)53-56-54(35-25-27-42-40-17-7-9-23-48(40)61-50(42)31-35)58-55(57-53)36-28-33-14-4-5-15-37(33)45(29-36)43-19-11-21-46-51(43)44-20-10-18-38(52(44)59-46)34-24-26-41-39-16-6-8-22-47(39)60-49(41)30-34/h2,4-31H,1,3H2. The Morgan fingerprint density at radius 1 is 0.426 bits per heavy atom. The van der Waals surface area contributed by atoms with Crippen LogP contribution in [0.1, 0.15) is 18.7 Å². The van der Waals surface area contributed by atoms with E-state index in [2.05, 4.69) is 176 Å². The maximum absolute atomic E-state index is 6.85. The van der Waals surface area contributed by atoms with Crippen LogP contribution in [0.3, 0.4) is 0 Å². The number of fused-ring (bicyclic) bond motifs is 10. The highest BCUT2D eigenvalue weighted by molar-refractivity contribution is 7.26. The number of furan rings is 1. The summed E-state index contributed by atoms with van der Waals surface area (Å²) in [6.45, 7) is 0. The zero-order valence-electron chi connectivity index (χ0n) is 32.7. The van der Waals surface area contributed by atoms with Gasteiger partial charge < -0.3 is 4.42 Å². The molecule has 0 amide bonds. The van der Waals surface area contributed by atoms with Gasteiger partial charge in [-0.05, 0) is 82.8 Å². The Balaban J connectivity index is 0.996. The Bertz CT molecular complexity index is 3850. The minimum Gasteiger partial charge on any atom is -0.455 e. The number of para-hydroxylation sites is 1. The normalized spacial score (nSPS) is 13.1. The van der Waals surface area contributed by atoms with Crippen molar-refractivity contribution in [2.45, 2.75) is 12.8 Å². The molecule has 4 heterocycles. The van der Waals surface area contributed by atoms with Gasteiger partial charge in [-0.3, -0.25) is 0 Å². The molecule has 12 aromatic rings. The molecule has 1 aliphatic rings. The van der Waals surface area contributed by atoms with E-state index in [1.807, 2.05) is 11.3 Å². The van der Waals surface area contributed by atoms with Crippen LogP contribution in [0.2, 0.25) is 0 Å². The van der Waals surface area contributed by atoms with Gasteiger partial charge in [0.1, 0.15) is 11.2 Å². The molecule has 8 aromatic carbocycles. The molecule has 0 fully saturated rings. The van der Waals surface area contributed by atoms with Crippen LogP contribution in [-0.2, 0) is 0 Å². The van der Waals surface area contributed by atoms with E-state index < -0.39 is 0 Å². The number of benzene rings is 8. The summed E-state index contributed by atoms with van der Waals surface area (Å²) < 4.78 is 11.9. The van der Waals surface area contributed by atoms with Gasteiger partial charge in [-0.25, -0.2) is 15.0 Å². The third-order valence-corrected chi connectivity index (χ3v) is 14.4. The van der Waals surface area contributed by atoms with Gasteiger partial charge in [0, 0.05) is 73.4 Å². The van der Waals surface area contributed by atoms with Gasteiger partial charge >= 0.3 is 0 Å². The Morgan fingerprint density at radius 2 is 1.05 bits per heavy atom. The van der Waals surface area contributed by atoms with Crippen molar-refractivity contribution >= 4 is 101 Å². The molecule has 0 saturated heterocycles. The summed E-state index contributed by atoms with van der Waals surface area (Å²) in [5.74, 6) is 2.00. The van der Waals surface area contributed by atoms with Crippen LogP contribution in [0.4, 0.5) is 0 Å². The number of nitrogens with zero attached hydrogens (tertiary/aromatic N) is 3. The summed E-state index contributed by atoms with van der Waals surface area (Å²) in [6, 6.07) is 56.7. The van der Waals surface area contributed by atoms with Crippen LogP contribution in [0.15, 0.2) is 180 Å². The first-order chi connectivity index (χ1) is 30.2. The molecule has 61 heavy (non-hydrogen) atoms. The van der Waals surface area contributed by atoms with Gasteiger partial charge in [-0.15, -0.1) is 22.7 Å². The lowest BCUT2D eigenvalue weighted by molar-refractivity contribution is 0.670. The smallest absolute Gasteiger partial charge is 0.164 e. The zero-order valence-corrected chi connectivity index (χ0v) is 34.4. The van der Waals surface area contributed by atoms with Gasteiger partial charge in [0.05, 0.1) is 0 Å². The Kier molecular flexibility index (Phi) is 7.74. The lowest BCUT2D eigenvalue weighted by Gasteiger charge is -2.14. The number of hydrogen-bond donors (Lipinski definition) is 0. The molecule has 0 bridgehead atoms. The average molecular weight is 816 g/mol. The van der Waals surface area contributed by atoms with Crippen LogP contribution in [0.25, 0.3) is 124 Å². The molecular formula is C55H33N3OS2. The second-order valence-electron chi connectivity index (χ2n) is 15.8. The van der Waals surface area contributed by atoms with Gasteiger partial charge in [0.25, 0.3) is 0 Å². The lowest BCUT2D eigenvalue weighted by Crippen LogP contribution is -2.03. The van der Waals surface area contributed by atoms with Crippen molar-refractivity contribution in [1.82, 2.24) is 15.0 Å². The van der Waals surface area contributed by atoms with Crippen LogP contribution in [0.5, 0.6) is 0 Å². The SMILES string of the molecule is C1=CC(c2nc(-c3cc(-c4cccc5oc6c(-c7ccc8c(c7)sc7ccccc78)cccc6c45)c4ccccc4c3)nc(-c3ccc4c(c3)sc3ccccc34)n2)=CCC1. The minimum atomic E-state index is 0.645. The molecule has 0 saturated carbocycles. The first-order valence-electron chi connectivity index (χ1n) is 20.6. The maximum Gasteiger partial charge on any atom is 0.164 e. The quantitative estimate of drug-likeness (QED) is 0.174. The monoisotopic (exact) mass is 815 g/mol. The van der Waals surface area contributed by atoms with Gasteiger partial charge in [0.2, 0.25) is 0 Å². The number of thiophene rings is 2.